The van der Waals surface area contributed by atoms with Gasteiger partial charge in [0.25, 0.3) is 0 Å². The minimum Gasteiger partial charge on any atom is -0.338 e. The molecule has 0 unspecified atom stereocenters. The van der Waals surface area contributed by atoms with E-state index < -0.39 is 0 Å². The molecule has 1 atom stereocenters. The van der Waals surface area contributed by atoms with Crippen LogP contribution in [-0.2, 0) is 6.54 Å². The molecule has 0 aliphatic carbocycles. The van der Waals surface area contributed by atoms with E-state index in [1.807, 2.05) is 31.1 Å². The quantitative estimate of drug-likeness (QED) is 0.761. The van der Waals surface area contributed by atoms with Crippen LogP contribution in [0.1, 0.15) is 38.4 Å². The number of carbonyl (C=O) groups is 1. The number of aromatic nitrogens is 2. The van der Waals surface area contributed by atoms with Gasteiger partial charge in [-0.25, -0.2) is 9.78 Å². The number of carbonyl (C=O) groups excluding carboxylic acids is 1. The highest BCUT2D eigenvalue weighted by Gasteiger charge is 2.29. The van der Waals surface area contributed by atoms with Crippen LogP contribution >= 0.6 is 11.8 Å². The van der Waals surface area contributed by atoms with Crippen LogP contribution in [0, 0.1) is 6.92 Å². The van der Waals surface area contributed by atoms with Gasteiger partial charge in [-0.2, -0.15) is 11.8 Å². The second kappa shape index (κ2) is 7.73. The van der Waals surface area contributed by atoms with Gasteiger partial charge in [0.05, 0.1) is 0 Å². The van der Waals surface area contributed by atoms with Crippen LogP contribution in [0.2, 0.25) is 0 Å². The summed E-state index contributed by atoms with van der Waals surface area (Å²) < 4.78 is 2.37. The number of hydrogen-bond donors (Lipinski definition) is 2. The van der Waals surface area contributed by atoms with Crippen molar-refractivity contribution in [2.45, 2.75) is 50.8 Å². The van der Waals surface area contributed by atoms with E-state index in [0.29, 0.717) is 0 Å². The average molecular weight is 310 g/mol. The van der Waals surface area contributed by atoms with Crippen molar-refractivity contribution < 1.29 is 4.79 Å². The summed E-state index contributed by atoms with van der Waals surface area (Å²) in [6.07, 6.45) is 8.31. The molecule has 6 heteroatoms. The van der Waals surface area contributed by atoms with Crippen molar-refractivity contribution in [3.8, 4) is 0 Å². The summed E-state index contributed by atoms with van der Waals surface area (Å²) in [5.74, 6) is 2.26. The monoisotopic (exact) mass is 310 g/mol. The number of thioether (sulfide) groups is 1. The number of unbranched alkanes of at least 4 members (excludes halogenated alkanes) is 1. The summed E-state index contributed by atoms with van der Waals surface area (Å²) in [5, 5.41) is 5.93. The van der Waals surface area contributed by atoms with Crippen LogP contribution in [-0.4, -0.2) is 39.2 Å². The Kier molecular flexibility index (Phi) is 5.96. The van der Waals surface area contributed by atoms with E-state index in [1.165, 1.54) is 18.6 Å². The summed E-state index contributed by atoms with van der Waals surface area (Å²) in [7, 11) is 0. The van der Waals surface area contributed by atoms with Crippen molar-refractivity contribution in [1.29, 1.82) is 0 Å². The molecule has 2 N–H and O–H groups in total. The fourth-order valence-electron chi connectivity index (χ4n) is 2.56. The molecule has 1 saturated heterocycles. The summed E-state index contributed by atoms with van der Waals surface area (Å²) in [5.41, 5.74) is 0. The first-order valence-electron chi connectivity index (χ1n) is 7.72. The maximum Gasteiger partial charge on any atom is 0.314 e. The van der Waals surface area contributed by atoms with Gasteiger partial charge < -0.3 is 15.2 Å². The molecule has 0 radical (unpaired) electrons. The summed E-state index contributed by atoms with van der Waals surface area (Å²) in [6.45, 7) is 6.69. The fraction of sp³-hybridized carbons (Fsp3) is 0.733. The molecule has 1 aromatic heterocycles. The molecule has 118 valence electrons. The third-order valence-electron chi connectivity index (χ3n) is 3.96. The van der Waals surface area contributed by atoms with E-state index in [4.69, 9.17) is 0 Å². The van der Waals surface area contributed by atoms with Crippen molar-refractivity contribution in [3.05, 3.63) is 18.2 Å². The molecule has 1 aliphatic rings. The van der Waals surface area contributed by atoms with Crippen LogP contribution in [0.25, 0.3) is 0 Å². The molecule has 0 spiro atoms. The van der Waals surface area contributed by atoms with Gasteiger partial charge in [0, 0.05) is 36.8 Å². The molecule has 1 fully saturated rings. The van der Waals surface area contributed by atoms with E-state index in [1.54, 1.807) is 0 Å². The Morgan fingerprint density at radius 2 is 2.33 bits per heavy atom. The average Bonchev–Trinajstić information content (AvgIpc) is 3.06. The van der Waals surface area contributed by atoms with Crippen LogP contribution < -0.4 is 10.6 Å². The van der Waals surface area contributed by atoms with E-state index >= 15 is 0 Å². The Morgan fingerprint density at radius 3 is 3.00 bits per heavy atom. The number of nitrogens with zero attached hydrogens (tertiary/aromatic N) is 2. The first-order chi connectivity index (χ1) is 10.1. The van der Waals surface area contributed by atoms with Crippen molar-refractivity contribution in [2.24, 2.45) is 0 Å². The predicted octanol–water partition coefficient (Wildman–Crippen LogP) is 2.56. The number of rotatable bonds is 7. The summed E-state index contributed by atoms with van der Waals surface area (Å²) >= 11 is 1.97. The third-order valence-corrected chi connectivity index (χ3v) is 5.50. The van der Waals surface area contributed by atoms with Gasteiger partial charge in [0.1, 0.15) is 5.82 Å². The van der Waals surface area contributed by atoms with Crippen molar-refractivity contribution in [2.75, 3.05) is 18.8 Å². The largest absolute Gasteiger partial charge is 0.338 e. The Labute approximate surface area is 131 Å². The molecule has 2 amide bonds. The number of imidazole rings is 1. The van der Waals surface area contributed by atoms with Crippen molar-refractivity contribution >= 4 is 17.8 Å². The van der Waals surface area contributed by atoms with E-state index in [-0.39, 0.29) is 10.8 Å². The molecule has 0 aromatic carbocycles. The van der Waals surface area contributed by atoms with Gasteiger partial charge in [-0.05, 0) is 45.3 Å². The smallest absolute Gasteiger partial charge is 0.314 e. The lowest BCUT2D eigenvalue weighted by Gasteiger charge is -2.22. The molecule has 5 nitrogen and oxygen atoms in total. The van der Waals surface area contributed by atoms with Gasteiger partial charge in [0.2, 0.25) is 0 Å². The highest BCUT2D eigenvalue weighted by atomic mass is 32.2. The Bertz CT molecular complexity index is 454. The van der Waals surface area contributed by atoms with Crippen LogP contribution in [0.15, 0.2) is 12.4 Å². The molecule has 2 heterocycles. The molecular weight excluding hydrogens is 284 g/mol. The van der Waals surface area contributed by atoms with Gasteiger partial charge in [-0.3, -0.25) is 0 Å². The molecule has 1 aliphatic heterocycles. The SMILES string of the molecule is Cc1nccn1CCCCNC(=O)NC[C@@]1(C)CCCS1. The van der Waals surface area contributed by atoms with Crippen LogP contribution in [0.5, 0.6) is 0 Å². The number of amides is 2. The van der Waals surface area contributed by atoms with Gasteiger partial charge in [-0.1, -0.05) is 0 Å². The second-order valence-corrected chi connectivity index (χ2v) is 7.57. The van der Waals surface area contributed by atoms with E-state index in [9.17, 15) is 4.79 Å². The van der Waals surface area contributed by atoms with Gasteiger partial charge in [0.15, 0.2) is 0 Å². The van der Waals surface area contributed by atoms with Crippen molar-refractivity contribution in [1.82, 2.24) is 20.2 Å². The highest BCUT2D eigenvalue weighted by molar-refractivity contribution is 8.00. The zero-order chi connectivity index (χ0) is 15.1. The summed E-state index contributed by atoms with van der Waals surface area (Å²) in [6, 6.07) is -0.0393. The number of aryl methyl sites for hydroxylation is 2. The molecule has 2 rings (SSSR count). The minimum absolute atomic E-state index is 0.0393. The minimum atomic E-state index is -0.0393. The molecule has 21 heavy (non-hydrogen) atoms. The normalized spacial score (nSPS) is 21.4. The predicted molar refractivity (Wildman–Crippen MR) is 87.7 cm³/mol. The molecular formula is C15H26N4OS. The van der Waals surface area contributed by atoms with Gasteiger partial charge >= 0.3 is 6.03 Å². The first kappa shape index (κ1) is 16.2. The number of urea groups is 1. The Hall–Kier alpha value is -1.17. The first-order valence-corrected chi connectivity index (χ1v) is 8.71. The topological polar surface area (TPSA) is 59.0 Å². The van der Waals surface area contributed by atoms with Crippen LogP contribution in [0.3, 0.4) is 0 Å². The van der Waals surface area contributed by atoms with Gasteiger partial charge in [-0.15, -0.1) is 0 Å². The Balaban J connectivity index is 1.52. The second-order valence-electron chi connectivity index (χ2n) is 5.89. The Morgan fingerprint density at radius 1 is 1.48 bits per heavy atom. The molecule has 1 aromatic rings. The molecule has 0 saturated carbocycles. The van der Waals surface area contributed by atoms with Crippen molar-refractivity contribution in [3.63, 3.8) is 0 Å². The molecule has 0 bridgehead atoms. The lowest BCUT2D eigenvalue weighted by molar-refractivity contribution is 0.239. The summed E-state index contributed by atoms with van der Waals surface area (Å²) in [4.78, 5) is 15.9. The van der Waals surface area contributed by atoms with Crippen LogP contribution in [0.4, 0.5) is 4.79 Å². The standard InChI is InChI=1S/C15H26N4OS/c1-13-16-8-10-19(13)9-4-3-7-17-14(20)18-12-15(2)6-5-11-21-15/h8,10H,3-7,9,11-12H2,1-2H3,(H2,17,18,20)/t15-/m1/s1. The zero-order valence-electron chi connectivity index (χ0n) is 13.0. The zero-order valence-corrected chi connectivity index (χ0v) is 13.8. The fourth-order valence-corrected chi connectivity index (χ4v) is 3.80. The van der Waals surface area contributed by atoms with E-state index in [2.05, 4.69) is 27.1 Å². The highest BCUT2D eigenvalue weighted by Crippen LogP contribution is 2.36. The number of nitrogens with one attached hydrogen (secondary N) is 2. The maximum atomic E-state index is 11.7. The number of hydrogen-bond acceptors (Lipinski definition) is 3. The van der Waals surface area contributed by atoms with E-state index in [0.717, 1.165) is 38.3 Å². The lowest BCUT2D eigenvalue weighted by atomic mass is 10.1. The lowest BCUT2D eigenvalue weighted by Crippen LogP contribution is -2.42. The maximum absolute atomic E-state index is 11.7. The third kappa shape index (κ3) is 5.26.